The number of anilines is 1. The van der Waals surface area contributed by atoms with Crippen molar-refractivity contribution < 1.29 is 0 Å². The summed E-state index contributed by atoms with van der Waals surface area (Å²) in [6.07, 6.45) is 6.88. The number of hydrogen-bond donors (Lipinski definition) is 1. The third-order valence-corrected chi connectivity index (χ3v) is 3.48. The number of nitrogens with one attached hydrogen (secondary N) is 1. The second kappa shape index (κ2) is 4.69. The second-order valence-corrected chi connectivity index (χ2v) is 4.78. The zero-order valence-corrected chi connectivity index (χ0v) is 9.84. The lowest BCUT2D eigenvalue weighted by Gasteiger charge is -2.24. The molecule has 0 aromatic heterocycles. The van der Waals surface area contributed by atoms with Gasteiger partial charge in [-0.1, -0.05) is 25.3 Å². The van der Waals surface area contributed by atoms with E-state index in [1.165, 1.54) is 48.9 Å². The highest BCUT2D eigenvalue weighted by molar-refractivity contribution is 5.48. The fraction of sp³-hybridized carbons (Fsp3) is 0.571. The summed E-state index contributed by atoms with van der Waals surface area (Å²) in [5.74, 6) is 0. The van der Waals surface area contributed by atoms with Crippen LogP contribution < -0.4 is 5.32 Å². The molecule has 0 spiro atoms. The molecule has 1 aromatic carbocycles. The Morgan fingerprint density at radius 1 is 1.00 bits per heavy atom. The van der Waals surface area contributed by atoms with Crippen LogP contribution in [0.5, 0.6) is 0 Å². The van der Waals surface area contributed by atoms with Gasteiger partial charge in [-0.3, -0.25) is 0 Å². The van der Waals surface area contributed by atoms with Crippen LogP contribution >= 0.6 is 0 Å². The van der Waals surface area contributed by atoms with Gasteiger partial charge in [-0.05, 0) is 49.9 Å². The lowest BCUT2D eigenvalue weighted by molar-refractivity contribution is 0.463. The van der Waals surface area contributed by atoms with Crippen molar-refractivity contribution in [3.63, 3.8) is 0 Å². The summed E-state index contributed by atoms with van der Waals surface area (Å²) in [6.45, 7) is 4.35. The molecule has 15 heavy (non-hydrogen) atoms. The Labute approximate surface area is 92.9 Å². The van der Waals surface area contributed by atoms with Gasteiger partial charge in [0.2, 0.25) is 0 Å². The number of benzene rings is 1. The summed E-state index contributed by atoms with van der Waals surface area (Å²) < 4.78 is 0. The third-order valence-electron chi connectivity index (χ3n) is 3.48. The van der Waals surface area contributed by atoms with Gasteiger partial charge in [-0.2, -0.15) is 0 Å². The van der Waals surface area contributed by atoms with E-state index < -0.39 is 0 Å². The largest absolute Gasteiger partial charge is 0.382 e. The molecule has 1 saturated carbocycles. The Morgan fingerprint density at radius 2 is 1.73 bits per heavy atom. The van der Waals surface area contributed by atoms with Gasteiger partial charge in [0, 0.05) is 11.7 Å². The van der Waals surface area contributed by atoms with Crippen LogP contribution in [0.3, 0.4) is 0 Å². The van der Waals surface area contributed by atoms with Crippen LogP contribution in [0.15, 0.2) is 18.2 Å². The topological polar surface area (TPSA) is 12.0 Å². The van der Waals surface area contributed by atoms with E-state index in [-0.39, 0.29) is 0 Å². The van der Waals surface area contributed by atoms with Crippen LogP contribution in [-0.2, 0) is 0 Å². The van der Waals surface area contributed by atoms with Crippen molar-refractivity contribution in [1.82, 2.24) is 0 Å². The maximum Gasteiger partial charge on any atom is 0.0345 e. The molecule has 1 fully saturated rings. The van der Waals surface area contributed by atoms with Crippen molar-refractivity contribution in [3.8, 4) is 0 Å². The summed E-state index contributed by atoms with van der Waals surface area (Å²) >= 11 is 0. The van der Waals surface area contributed by atoms with Crippen molar-refractivity contribution in [1.29, 1.82) is 0 Å². The number of rotatable bonds is 2. The molecule has 1 N–H and O–H groups in total. The van der Waals surface area contributed by atoms with Crippen LogP contribution in [0.2, 0.25) is 0 Å². The van der Waals surface area contributed by atoms with E-state index in [0.717, 1.165) is 0 Å². The molecule has 1 aromatic rings. The molecule has 0 heterocycles. The average Bonchev–Trinajstić information content (AvgIpc) is 2.25. The smallest absolute Gasteiger partial charge is 0.0345 e. The van der Waals surface area contributed by atoms with Gasteiger partial charge in [0.25, 0.3) is 0 Å². The highest BCUT2D eigenvalue weighted by Gasteiger charge is 2.12. The number of aryl methyl sites for hydroxylation is 2. The fourth-order valence-corrected chi connectivity index (χ4v) is 2.31. The zero-order chi connectivity index (χ0) is 10.7. The van der Waals surface area contributed by atoms with Crippen LogP contribution in [-0.4, -0.2) is 6.04 Å². The van der Waals surface area contributed by atoms with E-state index in [9.17, 15) is 0 Å². The molecule has 0 unspecified atom stereocenters. The first kappa shape index (κ1) is 10.5. The van der Waals surface area contributed by atoms with Gasteiger partial charge in [-0.15, -0.1) is 0 Å². The molecule has 0 atom stereocenters. The highest BCUT2D eigenvalue weighted by atomic mass is 14.9. The monoisotopic (exact) mass is 203 g/mol. The SMILES string of the molecule is Cc1ccc(NC2CCCCC2)cc1C. The molecule has 1 nitrogen and oxygen atoms in total. The molecular formula is C14H21N. The molecule has 0 amide bonds. The summed E-state index contributed by atoms with van der Waals surface area (Å²) in [7, 11) is 0. The first-order valence-electron chi connectivity index (χ1n) is 6.09. The second-order valence-electron chi connectivity index (χ2n) is 4.78. The van der Waals surface area contributed by atoms with Gasteiger partial charge in [0.1, 0.15) is 0 Å². The van der Waals surface area contributed by atoms with E-state index >= 15 is 0 Å². The molecule has 1 heteroatoms. The standard InChI is InChI=1S/C14H21N/c1-11-8-9-14(10-12(11)2)15-13-6-4-3-5-7-13/h8-10,13,15H,3-7H2,1-2H3. The van der Waals surface area contributed by atoms with Gasteiger partial charge >= 0.3 is 0 Å². The van der Waals surface area contributed by atoms with Gasteiger partial charge in [-0.25, -0.2) is 0 Å². The Hall–Kier alpha value is -0.980. The van der Waals surface area contributed by atoms with Crippen LogP contribution in [0, 0.1) is 13.8 Å². The summed E-state index contributed by atoms with van der Waals surface area (Å²) in [4.78, 5) is 0. The maximum atomic E-state index is 3.65. The zero-order valence-electron chi connectivity index (χ0n) is 9.84. The van der Waals surface area contributed by atoms with Crippen molar-refractivity contribution in [2.24, 2.45) is 0 Å². The molecule has 0 saturated heterocycles. The summed E-state index contributed by atoms with van der Waals surface area (Å²) in [5, 5.41) is 3.65. The average molecular weight is 203 g/mol. The first-order chi connectivity index (χ1) is 7.25. The number of hydrogen-bond acceptors (Lipinski definition) is 1. The predicted molar refractivity (Wildman–Crippen MR) is 66.4 cm³/mol. The maximum absolute atomic E-state index is 3.65. The highest BCUT2D eigenvalue weighted by Crippen LogP contribution is 2.22. The predicted octanol–water partition coefficient (Wildman–Crippen LogP) is 4.05. The lowest BCUT2D eigenvalue weighted by Crippen LogP contribution is -2.22. The molecule has 0 radical (unpaired) electrons. The molecule has 1 aliphatic carbocycles. The molecule has 82 valence electrons. The Balaban J connectivity index is 2.00. The van der Waals surface area contributed by atoms with Gasteiger partial charge in [0.15, 0.2) is 0 Å². The van der Waals surface area contributed by atoms with Gasteiger partial charge < -0.3 is 5.32 Å². The van der Waals surface area contributed by atoms with Crippen LogP contribution in [0.4, 0.5) is 5.69 Å². The van der Waals surface area contributed by atoms with E-state index in [0.29, 0.717) is 6.04 Å². The molecular weight excluding hydrogens is 182 g/mol. The minimum absolute atomic E-state index is 0.709. The summed E-state index contributed by atoms with van der Waals surface area (Å²) in [5.41, 5.74) is 4.06. The van der Waals surface area contributed by atoms with Crippen molar-refractivity contribution in [3.05, 3.63) is 29.3 Å². The molecule has 0 aliphatic heterocycles. The van der Waals surface area contributed by atoms with E-state index in [2.05, 4.69) is 37.4 Å². The summed E-state index contributed by atoms with van der Waals surface area (Å²) in [6, 6.07) is 7.39. The normalized spacial score (nSPS) is 17.7. The van der Waals surface area contributed by atoms with E-state index in [4.69, 9.17) is 0 Å². The van der Waals surface area contributed by atoms with Crippen molar-refractivity contribution in [2.45, 2.75) is 52.0 Å². The Morgan fingerprint density at radius 3 is 2.40 bits per heavy atom. The van der Waals surface area contributed by atoms with E-state index in [1.807, 2.05) is 0 Å². The first-order valence-corrected chi connectivity index (χ1v) is 6.09. The lowest BCUT2D eigenvalue weighted by atomic mass is 9.95. The van der Waals surface area contributed by atoms with E-state index in [1.54, 1.807) is 0 Å². The molecule has 1 aliphatic rings. The minimum atomic E-state index is 0.709. The molecule has 2 rings (SSSR count). The third kappa shape index (κ3) is 2.74. The van der Waals surface area contributed by atoms with Crippen LogP contribution in [0.25, 0.3) is 0 Å². The quantitative estimate of drug-likeness (QED) is 0.764. The Bertz CT molecular complexity index is 324. The van der Waals surface area contributed by atoms with Crippen LogP contribution in [0.1, 0.15) is 43.2 Å². The van der Waals surface area contributed by atoms with Crippen molar-refractivity contribution >= 4 is 5.69 Å². The Kier molecular flexibility index (Phi) is 3.30. The molecule has 0 bridgehead atoms. The van der Waals surface area contributed by atoms with Crippen molar-refractivity contribution in [2.75, 3.05) is 5.32 Å². The fourth-order valence-electron chi connectivity index (χ4n) is 2.31. The van der Waals surface area contributed by atoms with Gasteiger partial charge in [0.05, 0.1) is 0 Å². The minimum Gasteiger partial charge on any atom is -0.382 e.